The molecule has 1 aliphatic heterocycles. The molecular formula is C24H36N4O5S. The molecule has 1 saturated heterocycles. The molecule has 3 amide bonds. The number of nitrogens with one attached hydrogen (secondary N) is 4. The zero-order valence-corrected chi connectivity index (χ0v) is 20.8. The van der Waals surface area contributed by atoms with Crippen molar-refractivity contribution < 1.29 is 24.3 Å². The Hall–Kier alpha value is -2.59. The highest BCUT2D eigenvalue weighted by atomic mass is 32.2. The van der Waals surface area contributed by atoms with Crippen molar-refractivity contribution in [3.63, 3.8) is 0 Å². The Morgan fingerprint density at radius 3 is 2.29 bits per heavy atom. The maximum absolute atomic E-state index is 13.1. The van der Waals surface area contributed by atoms with Crippen LogP contribution in [0.3, 0.4) is 0 Å². The summed E-state index contributed by atoms with van der Waals surface area (Å²) in [6.07, 6.45) is 3.97. The van der Waals surface area contributed by atoms with Gasteiger partial charge in [0.1, 0.15) is 18.1 Å². The van der Waals surface area contributed by atoms with Gasteiger partial charge in [-0.05, 0) is 49.3 Å². The van der Waals surface area contributed by atoms with E-state index in [0.717, 1.165) is 24.9 Å². The molecule has 9 nitrogen and oxygen atoms in total. The lowest BCUT2D eigenvalue weighted by Crippen LogP contribution is -2.58. The summed E-state index contributed by atoms with van der Waals surface area (Å²) in [5.74, 6) is -2.00. The molecule has 1 heterocycles. The molecule has 1 aliphatic rings. The maximum atomic E-state index is 13.1. The number of amides is 3. The van der Waals surface area contributed by atoms with Crippen LogP contribution < -0.4 is 21.3 Å². The van der Waals surface area contributed by atoms with Gasteiger partial charge in [0.25, 0.3) is 0 Å². The van der Waals surface area contributed by atoms with Gasteiger partial charge < -0.3 is 26.4 Å². The number of carbonyl (C=O) groups excluding carboxylic acids is 3. The predicted molar refractivity (Wildman–Crippen MR) is 132 cm³/mol. The summed E-state index contributed by atoms with van der Waals surface area (Å²) in [6.45, 7) is 4.41. The third kappa shape index (κ3) is 8.64. The fraction of sp³-hybridized carbons (Fsp3) is 0.583. The van der Waals surface area contributed by atoms with Crippen LogP contribution >= 0.6 is 11.8 Å². The average Bonchev–Trinajstić information content (AvgIpc) is 3.35. The molecule has 0 saturated carbocycles. The predicted octanol–water partition coefficient (Wildman–Crippen LogP) is 0.929. The lowest BCUT2D eigenvalue weighted by atomic mass is 10.0. The molecule has 0 bridgehead atoms. The third-order valence-corrected chi connectivity index (χ3v) is 6.41. The second kappa shape index (κ2) is 14.0. The Balaban J connectivity index is 2.07. The minimum absolute atomic E-state index is 0.129. The normalized spacial score (nSPS) is 18.1. The Kier molecular flexibility index (Phi) is 11.4. The van der Waals surface area contributed by atoms with Gasteiger partial charge in [0.05, 0.1) is 6.04 Å². The van der Waals surface area contributed by atoms with E-state index in [1.165, 1.54) is 11.8 Å². The molecule has 4 atom stereocenters. The van der Waals surface area contributed by atoms with Gasteiger partial charge in [0.2, 0.25) is 17.7 Å². The van der Waals surface area contributed by atoms with Crippen LogP contribution in [0.15, 0.2) is 30.3 Å². The van der Waals surface area contributed by atoms with Crippen molar-refractivity contribution in [2.24, 2.45) is 5.92 Å². The van der Waals surface area contributed by atoms with Crippen molar-refractivity contribution >= 4 is 35.5 Å². The summed E-state index contributed by atoms with van der Waals surface area (Å²) >= 11 is 1.52. The van der Waals surface area contributed by atoms with Crippen LogP contribution in [-0.4, -0.2) is 71.5 Å². The van der Waals surface area contributed by atoms with Gasteiger partial charge in [0, 0.05) is 6.42 Å². The number of rotatable bonds is 13. The highest BCUT2D eigenvalue weighted by molar-refractivity contribution is 7.98. The lowest BCUT2D eigenvalue weighted by molar-refractivity contribution is -0.142. The monoisotopic (exact) mass is 492 g/mol. The van der Waals surface area contributed by atoms with Crippen molar-refractivity contribution in [2.45, 2.75) is 63.7 Å². The van der Waals surface area contributed by atoms with Gasteiger partial charge in [-0.2, -0.15) is 11.8 Å². The average molecular weight is 493 g/mol. The van der Waals surface area contributed by atoms with Crippen molar-refractivity contribution in [1.82, 2.24) is 21.3 Å². The first-order chi connectivity index (χ1) is 16.2. The van der Waals surface area contributed by atoms with E-state index in [-0.39, 0.29) is 24.3 Å². The molecule has 0 spiro atoms. The Morgan fingerprint density at radius 2 is 1.74 bits per heavy atom. The zero-order valence-electron chi connectivity index (χ0n) is 20.0. The topological polar surface area (TPSA) is 137 Å². The van der Waals surface area contributed by atoms with Crippen molar-refractivity contribution in [3.8, 4) is 0 Å². The molecule has 5 N–H and O–H groups in total. The smallest absolute Gasteiger partial charge is 0.326 e. The van der Waals surface area contributed by atoms with E-state index in [0.29, 0.717) is 12.2 Å². The number of hydrogen-bond acceptors (Lipinski definition) is 6. The number of aliphatic carboxylic acids is 1. The molecule has 34 heavy (non-hydrogen) atoms. The minimum Gasteiger partial charge on any atom is -0.480 e. The van der Waals surface area contributed by atoms with Crippen LogP contribution in [0.4, 0.5) is 0 Å². The SMILES string of the molecule is CSCCC(NC(=O)C(NC(=O)C1CCCN1)C(C)C)C(=O)NC(Cc1ccccc1)C(=O)O. The van der Waals surface area contributed by atoms with E-state index >= 15 is 0 Å². The summed E-state index contributed by atoms with van der Waals surface area (Å²) in [5, 5.41) is 20.9. The number of carboxylic acids is 1. The van der Waals surface area contributed by atoms with E-state index in [4.69, 9.17) is 0 Å². The molecule has 10 heteroatoms. The second-order valence-corrected chi connectivity index (χ2v) is 9.80. The van der Waals surface area contributed by atoms with Crippen molar-refractivity contribution in [1.29, 1.82) is 0 Å². The number of benzene rings is 1. The number of carboxylic acid groups (broad SMARTS) is 1. The van der Waals surface area contributed by atoms with Gasteiger partial charge >= 0.3 is 5.97 Å². The molecule has 1 aromatic carbocycles. The fourth-order valence-corrected chi connectivity index (χ4v) is 4.26. The van der Waals surface area contributed by atoms with E-state index in [1.807, 2.05) is 26.2 Å². The van der Waals surface area contributed by atoms with Crippen LogP contribution in [0.1, 0.15) is 38.7 Å². The van der Waals surface area contributed by atoms with Gasteiger partial charge in [0.15, 0.2) is 0 Å². The molecule has 1 fully saturated rings. The first-order valence-corrected chi connectivity index (χ1v) is 13.0. The summed E-state index contributed by atoms with van der Waals surface area (Å²) < 4.78 is 0. The van der Waals surface area contributed by atoms with E-state index in [9.17, 15) is 24.3 Å². The van der Waals surface area contributed by atoms with Gasteiger partial charge in [-0.15, -0.1) is 0 Å². The summed E-state index contributed by atoms with van der Waals surface area (Å²) in [6, 6.07) is 5.86. The first kappa shape index (κ1) is 27.7. The number of thioether (sulfide) groups is 1. The second-order valence-electron chi connectivity index (χ2n) is 8.81. The van der Waals surface area contributed by atoms with Gasteiger partial charge in [-0.1, -0.05) is 44.2 Å². The third-order valence-electron chi connectivity index (χ3n) is 5.76. The Morgan fingerprint density at radius 1 is 1.06 bits per heavy atom. The minimum atomic E-state index is -1.15. The highest BCUT2D eigenvalue weighted by Crippen LogP contribution is 2.10. The zero-order chi connectivity index (χ0) is 25.1. The van der Waals surface area contributed by atoms with E-state index in [1.54, 1.807) is 24.3 Å². The molecule has 188 valence electrons. The molecule has 4 unspecified atom stereocenters. The van der Waals surface area contributed by atoms with Gasteiger partial charge in [-0.25, -0.2) is 4.79 Å². The number of hydrogen-bond donors (Lipinski definition) is 5. The Labute approximate surface area is 205 Å². The molecule has 0 aliphatic carbocycles. The molecule has 0 radical (unpaired) electrons. The van der Waals surface area contributed by atoms with Crippen molar-refractivity contribution in [3.05, 3.63) is 35.9 Å². The van der Waals surface area contributed by atoms with Gasteiger partial charge in [-0.3, -0.25) is 14.4 Å². The summed E-state index contributed by atoms with van der Waals surface area (Å²) in [4.78, 5) is 50.4. The molecule has 2 rings (SSSR count). The van der Waals surface area contributed by atoms with E-state index < -0.39 is 35.9 Å². The molecule has 0 aromatic heterocycles. The fourth-order valence-electron chi connectivity index (χ4n) is 3.79. The van der Waals surface area contributed by atoms with Crippen molar-refractivity contribution in [2.75, 3.05) is 18.6 Å². The van der Waals surface area contributed by atoms with Crippen LogP contribution in [0.5, 0.6) is 0 Å². The largest absolute Gasteiger partial charge is 0.480 e. The standard InChI is InChI=1S/C24H36N4O5S/c1-15(2)20(28-21(29)17-10-7-12-25-17)23(31)26-18(11-13-34-3)22(30)27-19(24(32)33)14-16-8-5-4-6-9-16/h4-6,8-9,15,17-20,25H,7,10-14H2,1-3H3,(H,26,31)(H,27,30)(H,28,29)(H,32,33). The lowest BCUT2D eigenvalue weighted by Gasteiger charge is -2.27. The number of carbonyl (C=O) groups is 4. The van der Waals surface area contributed by atoms with Crippen LogP contribution in [0.25, 0.3) is 0 Å². The quantitative estimate of drug-likeness (QED) is 0.276. The van der Waals surface area contributed by atoms with Crippen LogP contribution in [0.2, 0.25) is 0 Å². The van der Waals surface area contributed by atoms with Crippen LogP contribution in [-0.2, 0) is 25.6 Å². The first-order valence-electron chi connectivity index (χ1n) is 11.6. The summed E-state index contributed by atoms with van der Waals surface area (Å²) in [5.41, 5.74) is 0.781. The highest BCUT2D eigenvalue weighted by Gasteiger charge is 2.32. The summed E-state index contributed by atoms with van der Waals surface area (Å²) in [7, 11) is 0. The van der Waals surface area contributed by atoms with E-state index in [2.05, 4.69) is 21.3 Å². The molecule has 1 aromatic rings. The van der Waals surface area contributed by atoms with Crippen LogP contribution in [0, 0.1) is 5.92 Å². The molecular weight excluding hydrogens is 456 g/mol. The Bertz CT molecular complexity index is 830. The maximum Gasteiger partial charge on any atom is 0.326 e.